The molecule has 0 radical (unpaired) electrons. The van der Waals surface area contributed by atoms with Gasteiger partial charge in [0.1, 0.15) is 11.5 Å². The zero-order valence-electron chi connectivity index (χ0n) is 9.40. The molecule has 2 N–H and O–H groups in total. The van der Waals surface area contributed by atoms with Crippen molar-refractivity contribution >= 4 is 22.6 Å². The summed E-state index contributed by atoms with van der Waals surface area (Å²) in [7, 11) is 0. The summed E-state index contributed by atoms with van der Waals surface area (Å²) in [6, 6.07) is 16.0. The summed E-state index contributed by atoms with van der Waals surface area (Å²) < 4.78 is 6.92. The van der Waals surface area contributed by atoms with Gasteiger partial charge in [-0.1, -0.05) is 18.2 Å². The number of halogens is 1. The predicted molar refractivity (Wildman–Crippen MR) is 78.4 cm³/mol. The van der Waals surface area contributed by atoms with E-state index in [0.717, 1.165) is 17.9 Å². The molecule has 0 fully saturated rings. The molecule has 2 aromatic carbocycles. The van der Waals surface area contributed by atoms with E-state index in [1.807, 2.05) is 36.4 Å². The van der Waals surface area contributed by atoms with Gasteiger partial charge in [-0.25, -0.2) is 0 Å². The zero-order valence-corrected chi connectivity index (χ0v) is 11.6. The third-order valence-corrected chi connectivity index (χ3v) is 3.06. The number of rotatable bonds is 4. The Morgan fingerprint density at radius 1 is 1.00 bits per heavy atom. The van der Waals surface area contributed by atoms with Crippen molar-refractivity contribution in [3.05, 3.63) is 57.7 Å². The molecule has 3 heteroatoms. The third-order valence-electron chi connectivity index (χ3n) is 2.39. The Morgan fingerprint density at radius 2 is 1.76 bits per heavy atom. The summed E-state index contributed by atoms with van der Waals surface area (Å²) in [6.07, 6.45) is 0.906. The summed E-state index contributed by atoms with van der Waals surface area (Å²) >= 11 is 2.27. The van der Waals surface area contributed by atoms with Gasteiger partial charge >= 0.3 is 0 Å². The maximum Gasteiger partial charge on any atom is 0.128 e. The zero-order chi connectivity index (χ0) is 12.1. The predicted octanol–water partition coefficient (Wildman–Crippen LogP) is 3.58. The molecule has 0 atom stereocenters. The van der Waals surface area contributed by atoms with Gasteiger partial charge in [0.25, 0.3) is 0 Å². The second-order valence-electron chi connectivity index (χ2n) is 3.74. The maximum atomic E-state index is 5.76. The van der Waals surface area contributed by atoms with Gasteiger partial charge in [-0.2, -0.15) is 0 Å². The van der Waals surface area contributed by atoms with E-state index < -0.39 is 0 Å². The van der Waals surface area contributed by atoms with Crippen LogP contribution in [0, 0.1) is 3.57 Å². The SMILES string of the molecule is NCCc1ccc(Oc2cccc(I)c2)cc1. The number of benzene rings is 2. The summed E-state index contributed by atoms with van der Waals surface area (Å²) in [5, 5.41) is 0. The molecular weight excluding hydrogens is 325 g/mol. The molecule has 2 aromatic rings. The highest BCUT2D eigenvalue weighted by Crippen LogP contribution is 2.23. The monoisotopic (exact) mass is 339 g/mol. The number of nitrogens with two attached hydrogens (primary N) is 1. The van der Waals surface area contributed by atoms with E-state index >= 15 is 0 Å². The highest BCUT2D eigenvalue weighted by molar-refractivity contribution is 14.1. The van der Waals surface area contributed by atoms with Gasteiger partial charge in [-0.15, -0.1) is 0 Å². The Hall–Kier alpha value is -1.07. The van der Waals surface area contributed by atoms with Gasteiger partial charge < -0.3 is 10.5 Å². The average molecular weight is 339 g/mol. The fourth-order valence-electron chi connectivity index (χ4n) is 1.56. The minimum atomic E-state index is 0.678. The summed E-state index contributed by atoms with van der Waals surface area (Å²) in [6.45, 7) is 0.678. The Balaban J connectivity index is 2.08. The molecule has 0 unspecified atom stereocenters. The molecule has 0 heterocycles. The van der Waals surface area contributed by atoms with Crippen molar-refractivity contribution in [1.29, 1.82) is 0 Å². The highest BCUT2D eigenvalue weighted by atomic mass is 127. The molecule has 88 valence electrons. The standard InChI is InChI=1S/C14H14INO/c15-12-2-1-3-14(10-12)17-13-6-4-11(5-7-13)8-9-16/h1-7,10H,8-9,16H2. The van der Waals surface area contributed by atoms with E-state index in [0.29, 0.717) is 6.54 Å². The fraction of sp³-hybridized carbons (Fsp3) is 0.143. The van der Waals surface area contributed by atoms with Crippen molar-refractivity contribution in [1.82, 2.24) is 0 Å². The van der Waals surface area contributed by atoms with Crippen LogP contribution in [0.15, 0.2) is 48.5 Å². The van der Waals surface area contributed by atoms with Crippen LogP contribution < -0.4 is 10.5 Å². The topological polar surface area (TPSA) is 35.2 Å². The minimum Gasteiger partial charge on any atom is -0.457 e. The second kappa shape index (κ2) is 6.02. The van der Waals surface area contributed by atoms with E-state index in [1.54, 1.807) is 0 Å². The van der Waals surface area contributed by atoms with Crippen molar-refractivity contribution in [2.75, 3.05) is 6.54 Å². The molecule has 2 nitrogen and oxygen atoms in total. The molecule has 0 saturated carbocycles. The molecule has 0 bridgehead atoms. The van der Waals surface area contributed by atoms with Crippen LogP contribution in [0.1, 0.15) is 5.56 Å². The average Bonchev–Trinajstić information content (AvgIpc) is 2.32. The van der Waals surface area contributed by atoms with Crippen LogP contribution in [0.3, 0.4) is 0 Å². The molecule has 17 heavy (non-hydrogen) atoms. The molecule has 0 aliphatic carbocycles. The summed E-state index contributed by atoms with van der Waals surface area (Å²) in [4.78, 5) is 0. The smallest absolute Gasteiger partial charge is 0.128 e. The van der Waals surface area contributed by atoms with Crippen LogP contribution in [-0.2, 0) is 6.42 Å². The molecule has 0 amide bonds. The largest absolute Gasteiger partial charge is 0.457 e. The Morgan fingerprint density at radius 3 is 2.41 bits per heavy atom. The lowest BCUT2D eigenvalue weighted by Crippen LogP contribution is -2.02. The van der Waals surface area contributed by atoms with E-state index in [-0.39, 0.29) is 0 Å². The van der Waals surface area contributed by atoms with Gasteiger partial charge in [-0.05, 0) is 71.5 Å². The van der Waals surface area contributed by atoms with Crippen molar-refractivity contribution in [2.24, 2.45) is 5.73 Å². The first kappa shape index (κ1) is 12.4. The first-order chi connectivity index (χ1) is 8.28. The van der Waals surface area contributed by atoms with Gasteiger partial charge in [0, 0.05) is 3.57 Å². The highest BCUT2D eigenvalue weighted by Gasteiger charge is 1.98. The molecule has 0 spiro atoms. The first-order valence-corrected chi connectivity index (χ1v) is 6.58. The molecule has 0 aliphatic rings. The Labute approximate surface area is 115 Å². The summed E-state index contributed by atoms with van der Waals surface area (Å²) in [5.74, 6) is 1.72. The van der Waals surface area contributed by atoms with Gasteiger partial charge in [0.05, 0.1) is 0 Å². The molecular formula is C14H14INO. The van der Waals surface area contributed by atoms with E-state index in [4.69, 9.17) is 10.5 Å². The van der Waals surface area contributed by atoms with Crippen LogP contribution in [-0.4, -0.2) is 6.54 Å². The number of hydrogen-bond acceptors (Lipinski definition) is 2. The number of ether oxygens (including phenoxy) is 1. The quantitative estimate of drug-likeness (QED) is 0.864. The van der Waals surface area contributed by atoms with Crippen LogP contribution in [0.4, 0.5) is 0 Å². The van der Waals surface area contributed by atoms with Crippen LogP contribution >= 0.6 is 22.6 Å². The van der Waals surface area contributed by atoms with Crippen molar-refractivity contribution < 1.29 is 4.74 Å². The number of hydrogen-bond donors (Lipinski definition) is 1. The first-order valence-electron chi connectivity index (χ1n) is 5.50. The minimum absolute atomic E-state index is 0.678. The fourth-order valence-corrected chi connectivity index (χ4v) is 2.07. The van der Waals surface area contributed by atoms with Crippen molar-refractivity contribution in [3.63, 3.8) is 0 Å². The van der Waals surface area contributed by atoms with Crippen LogP contribution in [0.2, 0.25) is 0 Å². The molecule has 0 aromatic heterocycles. The Bertz CT molecular complexity index is 482. The molecule has 0 saturated heterocycles. The second-order valence-corrected chi connectivity index (χ2v) is 4.99. The van der Waals surface area contributed by atoms with Gasteiger partial charge in [0.2, 0.25) is 0 Å². The Kier molecular flexibility index (Phi) is 4.39. The normalized spacial score (nSPS) is 10.2. The van der Waals surface area contributed by atoms with E-state index in [2.05, 4.69) is 34.7 Å². The summed E-state index contributed by atoms with van der Waals surface area (Å²) in [5.41, 5.74) is 6.75. The van der Waals surface area contributed by atoms with Crippen LogP contribution in [0.5, 0.6) is 11.5 Å². The van der Waals surface area contributed by atoms with Crippen molar-refractivity contribution in [2.45, 2.75) is 6.42 Å². The lowest BCUT2D eigenvalue weighted by Gasteiger charge is -2.06. The third kappa shape index (κ3) is 3.71. The van der Waals surface area contributed by atoms with E-state index in [1.165, 1.54) is 9.13 Å². The lowest BCUT2D eigenvalue weighted by atomic mass is 10.1. The van der Waals surface area contributed by atoms with Gasteiger partial charge in [0.15, 0.2) is 0 Å². The van der Waals surface area contributed by atoms with Crippen molar-refractivity contribution in [3.8, 4) is 11.5 Å². The van der Waals surface area contributed by atoms with Gasteiger partial charge in [-0.3, -0.25) is 0 Å². The molecule has 0 aliphatic heterocycles. The van der Waals surface area contributed by atoms with Crippen LogP contribution in [0.25, 0.3) is 0 Å². The van der Waals surface area contributed by atoms with E-state index in [9.17, 15) is 0 Å². The maximum absolute atomic E-state index is 5.76. The lowest BCUT2D eigenvalue weighted by molar-refractivity contribution is 0.482. The molecule has 2 rings (SSSR count).